The van der Waals surface area contributed by atoms with E-state index < -0.39 is 6.10 Å². The van der Waals surface area contributed by atoms with E-state index in [1.165, 1.54) is 0 Å². The molecule has 1 aliphatic carbocycles. The Morgan fingerprint density at radius 3 is 2.50 bits per heavy atom. The van der Waals surface area contributed by atoms with Crippen molar-refractivity contribution in [3.8, 4) is 0 Å². The Kier molecular flexibility index (Phi) is 2.46. The van der Waals surface area contributed by atoms with Crippen molar-refractivity contribution in [1.82, 2.24) is 0 Å². The minimum absolute atomic E-state index is 0.410. The van der Waals surface area contributed by atoms with Gasteiger partial charge in [-0.05, 0) is 5.92 Å². The monoisotopic (exact) mass is 136 g/mol. The smallest absolute Gasteiger partial charge is 0.0905 e. The van der Waals surface area contributed by atoms with Crippen LogP contribution in [0.2, 0.25) is 0 Å². The quantitative estimate of drug-likeness (QED) is 0.502. The Bertz CT molecular complexity index is 157. The lowest BCUT2D eigenvalue weighted by molar-refractivity contribution is 0.271. The van der Waals surface area contributed by atoms with Crippen LogP contribution in [-0.2, 0) is 0 Å². The predicted molar refractivity (Wildman–Crippen MR) is 42.6 cm³/mol. The summed E-state index contributed by atoms with van der Waals surface area (Å²) in [6, 6.07) is 0. The van der Waals surface area contributed by atoms with Crippen molar-refractivity contribution in [1.29, 1.82) is 0 Å². The molecule has 0 fully saturated rings. The van der Waals surface area contributed by atoms with E-state index in [-0.39, 0.29) is 0 Å². The summed E-state index contributed by atoms with van der Waals surface area (Å²) in [5.41, 5.74) is 0. The highest BCUT2D eigenvalue weighted by Crippen LogP contribution is 2.04. The van der Waals surface area contributed by atoms with Gasteiger partial charge in [0.15, 0.2) is 0 Å². The van der Waals surface area contributed by atoms with Crippen molar-refractivity contribution < 1.29 is 5.11 Å². The molecule has 0 aliphatic heterocycles. The molecule has 0 aromatic rings. The van der Waals surface area contributed by atoms with Crippen LogP contribution in [0.4, 0.5) is 0 Å². The summed E-state index contributed by atoms with van der Waals surface area (Å²) in [6.07, 6.45) is 11.0. The molecule has 0 bridgehead atoms. The van der Waals surface area contributed by atoms with Crippen LogP contribution in [-0.4, -0.2) is 11.2 Å². The highest BCUT2D eigenvalue weighted by molar-refractivity contribution is 5.15. The van der Waals surface area contributed by atoms with Crippen LogP contribution in [0.15, 0.2) is 36.5 Å². The molecule has 0 aromatic heterocycles. The first kappa shape index (κ1) is 7.29. The molecule has 1 N–H and O–H groups in total. The molecule has 1 rings (SSSR count). The first-order valence-corrected chi connectivity index (χ1v) is 3.50. The minimum Gasteiger partial charge on any atom is -0.385 e. The van der Waals surface area contributed by atoms with Gasteiger partial charge in [-0.1, -0.05) is 43.4 Å². The number of allylic oxidation sites excluding steroid dienone is 4. The van der Waals surface area contributed by atoms with Gasteiger partial charge in [0, 0.05) is 0 Å². The Hall–Kier alpha value is -0.820. The van der Waals surface area contributed by atoms with Gasteiger partial charge in [0.05, 0.1) is 6.10 Å². The van der Waals surface area contributed by atoms with E-state index in [1.54, 1.807) is 12.2 Å². The summed E-state index contributed by atoms with van der Waals surface area (Å²) in [5, 5.41) is 9.12. The van der Waals surface area contributed by atoms with E-state index in [9.17, 15) is 0 Å². The largest absolute Gasteiger partial charge is 0.385 e. The zero-order valence-corrected chi connectivity index (χ0v) is 6.07. The molecule has 0 saturated carbocycles. The molecule has 2 atom stereocenters. The fourth-order valence-corrected chi connectivity index (χ4v) is 0.835. The van der Waals surface area contributed by atoms with E-state index in [2.05, 4.69) is 13.0 Å². The lowest BCUT2D eigenvalue weighted by Crippen LogP contribution is -1.98. The molecule has 0 aromatic carbocycles. The molecule has 0 radical (unpaired) electrons. The average molecular weight is 136 g/mol. The van der Waals surface area contributed by atoms with Gasteiger partial charge in [-0.25, -0.2) is 0 Å². The van der Waals surface area contributed by atoms with Crippen molar-refractivity contribution in [2.45, 2.75) is 13.0 Å². The van der Waals surface area contributed by atoms with Gasteiger partial charge in [-0.2, -0.15) is 0 Å². The second-order valence-electron chi connectivity index (χ2n) is 2.50. The summed E-state index contributed by atoms with van der Waals surface area (Å²) in [6.45, 7) is 2.08. The normalized spacial score (nSPS) is 35.0. The van der Waals surface area contributed by atoms with Gasteiger partial charge in [0.25, 0.3) is 0 Å². The van der Waals surface area contributed by atoms with Crippen LogP contribution in [0.5, 0.6) is 0 Å². The Morgan fingerprint density at radius 2 is 1.70 bits per heavy atom. The highest BCUT2D eigenvalue weighted by atomic mass is 16.3. The lowest BCUT2D eigenvalue weighted by atomic mass is 10.1. The molecule has 1 nitrogen and oxygen atoms in total. The third-order valence-corrected chi connectivity index (χ3v) is 1.45. The third-order valence-electron chi connectivity index (χ3n) is 1.45. The fraction of sp³-hybridized carbons (Fsp3) is 0.333. The maximum atomic E-state index is 9.12. The van der Waals surface area contributed by atoms with Crippen molar-refractivity contribution in [2.24, 2.45) is 5.92 Å². The van der Waals surface area contributed by atoms with E-state index in [1.807, 2.05) is 18.2 Å². The van der Waals surface area contributed by atoms with Crippen LogP contribution in [0.3, 0.4) is 0 Å². The van der Waals surface area contributed by atoms with Gasteiger partial charge < -0.3 is 5.11 Å². The molecule has 0 amide bonds. The molecule has 0 spiro atoms. The number of hydrogen-bond donors (Lipinski definition) is 1. The summed E-state index contributed by atoms with van der Waals surface area (Å²) < 4.78 is 0. The lowest BCUT2D eigenvalue weighted by Gasteiger charge is -2.02. The van der Waals surface area contributed by atoms with Crippen LogP contribution < -0.4 is 0 Å². The van der Waals surface area contributed by atoms with E-state index in [0.717, 1.165) is 0 Å². The van der Waals surface area contributed by atoms with Crippen LogP contribution in [0.25, 0.3) is 0 Å². The summed E-state index contributed by atoms with van der Waals surface area (Å²) in [7, 11) is 0. The number of hydrogen-bond acceptors (Lipinski definition) is 1. The second kappa shape index (κ2) is 3.37. The van der Waals surface area contributed by atoms with Gasteiger partial charge >= 0.3 is 0 Å². The fourth-order valence-electron chi connectivity index (χ4n) is 0.835. The van der Waals surface area contributed by atoms with Crippen molar-refractivity contribution in [2.75, 3.05) is 0 Å². The van der Waals surface area contributed by atoms with E-state index in [0.29, 0.717) is 5.92 Å². The standard InChI is InChI=1S/C9H12O/c1-8-4-2-3-5-9(10)7-6-8/h2-10H,1H3/b4-2-,5-3?,7-6?/t8-,9-/m0/s1. The predicted octanol–water partition coefficient (Wildman–Crippen LogP) is 1.67. The zero-order valence-electron chi connectivity index (χ0n) is 6.07. The van der Waals surface area contributed by atoms with Gasteiger partial charge in [0.1, 0.15) is 0 Å². The summed E-state index contributed by atoms with van der Waals surface area (Å²) in [5.74, 6) is 0.430. The topological polar surface area (TPSA) is 20.2 Å². The maximum Gasteiger partial charge on any atom is 0.0905 e. The average Bonchev–Trinajstić information content (AvgIpc) is 1.90. The molecule has 0 heterocycles. The molecule has 1 heteroatoms. The number of rotatable bonds is 0. The zero-order chi connectivity index (χ0) is 7.40. The van der Waals surface area contributed by atoms with Crippen molar-refractivity contribution >= 4 is 0 Å². The Morgan fingerprint density at radius 1 is 1.00 bits per heavy atom. The number of aliphatic hydroxyl groups excluding tert-OH is 1. The molecule has 10 heavy (non-hydrogen) atoms. The second-order valence-corrected chi connectivity index (χ2v) is 2.50. The summed E-state index contributed by atoms with van der Waals surface area (Å²) >= 11 is 0. The molecular weight excluding hydrogens is 124 g/mol. The van der Waals surface area contributed by atoms with Crippen molar-refractivity contribution in [3.63, 3.8) is 0 Å². The molecule has 1 aliphatic rings. The minimum atomic E-state index is -0.410. The molecular formula is C9H12O. The molecule has 0 unspecified atom stereocenters. The van der Waals surface area contributed by atoms with Gasteiger partial charge in [-0.15, -0.1) is 0 Å². The highest BCUT2D eigenvalue weighted by Gasteiger charge is 1.95. The van der Waals surface area contributed by atoms with Crippen LogP contribution in [0, 0.1) is 5.92 Å². The first-order chi connectivity index (χ1) is 4.79. The Balaban J connectivity index is 2.70. The maximum absolute atomic E-state index is 9.12. The SMILES string of the molecule is C[C@@H]1C=C[C@@H](O)C=C/C=C\1. The third kappa shape index (κ3) is 2.19. The van der Waals surface area contributed by atoms with Crippen LogP contribution >= 0.6 is 0 Å². The van der Waals surface area contributed by atoms with Gasteiger partial charge in [-0.3, -0.25) is 0 Å². The van der Waals surface area contributed by atoms with E-state index in [4.69, 9.17) is 5.11 Å². The number of aliphatic hydroxyl groups is 1. The molecule has 54 valence electrons. The van der Waals surface area contributed by atoms with Crippen molar-refractivity contribution in [3.05, 3.63) is 36.5 Å². The Labute approximate surface area is 61.4 Å². The van der Waals surface area contributed by atoms with Crippen LogP contribution in [0.1, 0.15) is 6.92 Å². The molecule has 0 saturated heterocycles. The van der Waals surface area contributed by atoms with E-state index >= 15 is 0 Å². The summed E-state index contributed by atoms with van der Waals surface area (Å²) in [4.78, 5) is 0. The van der Waals surface area contributed by atoms with Gasteiger partial charge in [0.2, 0.25) is 0 Å². The first-order valence-electron chi connectivity index (χ1n) is 3.50.